The highest BCUT2D eigenvalue weighted by Gasteiger charge is 2.35. The molecule has 2 heterocycles. The molecular weight excluding hydrogens is 252 g/mol. The number of pyridine rings is 1. The van der Waals surface area contributed by atoms with Gasteiger partial charge in [0.1, 0.15) is 6.61 Å². The van der Waals surface area contributed by atoms with Crippen LogP contribution in [0.25, 0.3) is 0 Å². The summed E-state index contributed by atoms with van der Waals surface area (Å²) in [6.45, 7) is 12.4. The summed E-state index contributed by atoms with van der Waals surface area (Å²) in [7, 11) is 0. The number of fused-ring (bicyclic) bond motifs is 1. The Hall–Kier alpha value is -1.58. The maximum atomic E-state index is 10.9. The van der Waals surface area contributed by atoms with Gasteiger partial charge in [0.15, 0.2) is 0 Å². The SMILES string of the molecule is C[C](C)CN1CC(C)(C)c2cnc(COC(C)=O)cc21. The molecule has 0 saturated carbocycles. The fraction of sp³-hybridized carbons (Fsp3) is 0.562. The predicted molar refractivity (Wildman–Crippen MR) is 79.5 cm³/mol. The maximum absolute atomic E-state index is 10.9. The molecule has 0 aromatic carbocycles. The van der Waals surface area contributed by atoms with Crippen molar-refractivity contribution in [3.63, 3.8) is 0 Å². The first-order valence-electron chi connectivity index (χ1n) is 6.96. The number of nitrogens with zero attached hydrogens (tertiary/aromatic N) is 2. The van der Waals surface area contributed by atoms with Crippen LogP contribution in [0.1, 0.15) is 45.9 Å². The zero-order chi connectivity index (χ0) is 14.9. The minimum atomic E-state index is -0.276. The van der Waals surface area contributed by atoms with Crippen molar-refractivity contribution in [2.75, 3.05) is 18.0 Å². The number of esters is 1. The van der Waals surface area contributed by atoms with E-state index >= 15 is 0 Å². The van der Waals surface area contributed by atoms with Crippen molar-refractivity contribution < 1.29 is 9.53 Å². The summed E-state index contributed by atoms with van der Waals surface area (Å²) in [5, 5.41) is 0. The Kier molecular flexibility index (Phi) is 4.02. The molecule has 0 bridgehead atoms. The van der Waals surface area contributed by atoms with Gasteiger partial charge < -0.3 is 9.64 Å². The quantitative estimate of drug-likeness (QED) is 0.792. The average Bonchev–Trinajstić information content (AvgIpc) is 2.57. The van der Waals surface area contributed by atoms with E-state index in [1.54, 1.807) is 0 Å². The van der Waals surface area contributed by atoms with Gasteiger partial charge in [0, 0.05) is 42.9 Å². The molecule has 1 aromatic rings. The van der Waals surface area contributed by atoms with Crippen LogP contribution in [0.4, 0.5) is 5.69 Å². The second-order valence-corrected chi connectivity index (χ2v) is 6.42. The van der Waals surface area contributed by atoms with Gasteiger partial charge in [0.05, 0.1) is 5.69 Å². The fourth-order valence-electron chi connectivity index (χ4n) is 2.69. The van der Waals surface area contributed by atoms with Gasteiger partial charge in [-0.25, -0.2) is 0 Å². The Balaban J connectivity index is 2.27. The Morgan fingerprint density at radius 1 is 1.40 bits per heavy atom. The minimum Gasteiger partial charge on any atom is -0.459 e. The highest BCUT2D eigenvalue weighted by molar-refractivity contribution is 5.66. The van der Waals surface area contributed by atoms with Crippen LogP contribution in [-0.2, 0) is 21.6 Å². The largest absolute Gasteiger partial charge is 0.459 e. The zero-order valence-corrected chi connectivity index (χ0v) is 13.0. The van der Waals surface area contributed by atoms with Gasteiger partial charge in [0.25, 0.3) is 0 Å². The minimum absolute atomic E-state index is 0.109. The second kappa shape index (κ2) is 5.43. The van der Waals surface area contributed by atoms with Crippen molar-refractivity contribution in [2.45, 2.75) is 46.6 Å². The summed E-state index contributed by atoms with van der Waals surface area (Å²) in [6, 6.07) is 2.05. The number of aromatic nitrogens is 1. The Morgan fingerprint density at radius 3 is 2.70 bits per heavy atom. The van der Waals surface area contributed by atoms with E-state index in [-0.39, 0.29) is 18.0 Å². The molecule has 1 aliphatic rings. The van der Waals surface area contributed by atoms with Gasteiger partial charge in [-0.2, -0.15) is 0 Å². The summed E-state index contributed by atoms with van der Waals surface area (Å²) in [6.07, 6.45) is 1.93. The number of rotatable bonds is 4. The summed E-state index contributed by atoms with van der Waals surface area (Å²) in [5.41, 5.74) is 3.40. The van der Waals surface area contributed by atoms with Crippen molar-refractivity contribution >= 4 is 11.7 Å². The van der Waals surface area contributed by atoms with E-state index in [0.29, 0.717) is 0 Å². The smallest absolute Gasteiger partial charge is 0.303 e. The third-order valence-corrected chi connectivity index (χ3v) is 3.53. The van der Waals surface area contributed by atoms with E-state index in [0.717, 1.165) is 18.8 Å². The number of anilines is 1. The molecule has 0 spiro atoms. The van der Waals surface area contributed by atoms with Gasteiger partial charge >= 0.3 is 5.97 Å². The Labute approximate surface area is 121 Å². The van der Waals surface area contributed by atoms with Gasteiger partial charge in [-0.3, -0.25) is 9.78 Å². The third kappa shape index (κ3) is 3.11. The topological polar surface area (TPSA) is 42.4 Å². The monoisotopic (exact) mass is 275 g/mol. The molecule has 0 fully saturated rings. The van der Waals surface area contributed by atoms with E-state index in [1.165, 1.54) is 24.1 Å². The highest BCUT2D eigenvalue weighted by Crippen LogP contribution is 2.40. The number of ether oxygens (including phenoxy) is 1. The molecule has 1 aromatic heterocycles. The first kappa shape index (κ1) is 14.8. The van der Waals surface area contributed by atoms with Crippen LogP contribution in [0.2, 0.25) is 0 Å². The van der Waals surface area contributed by atoms with Gasteiger partial charge in [-0.15, -0.1) is 0 Å². The van der Waals surface area contributed by atoms with Crippen molar-refractivity contribution in [3.8, 4) is 0 Å². The fourth-order valence-corrected chi connectivity index (χ4v) is 2.69. The van der Waals surface area contributed by atoms with E-state index in [4.69, 9.17) is 4.74 Å². The lowest BCUT2D eigenvalue weighted by Crippen LogP contribution is -2.30. The predicted octanol–water partition coefficient (Wildman–Crippen LogP) is 2.86. The average molecular weight is 275 g/mol. The summed E-state index contributed by atoms with van der Waals surface area (Å²) < 4.78 is 5.03. The van der Waals surface area contributed by atoms with Crippen molar-refractivity contribution in [1.29, 1.82) is 0 Å². The Morgan fingerprint density at radius 2 is 2.10 bits per heavy atom. The molecule has 0 saturated heterocycles. The standard InChI is InChI=1S/C16H23N2O2/c1-11(2)8-18-10-16(4,5)14-7-17-13(6-15(14)18)9-20-12(3)19/h6-7H,8-10H2,1-5H3. The van der Waals surface area contributed by atoms with E-state index in [1.807, 2.05) is 6.20 Å². The molecular formula is C16H23N2O2. The van der Waals surface area contributed by atoms with Crippen LogP contribution in [0.5, 0.6) is 0 Å². The van der Waals surface area contributed by atoms with Gasteiger partial charge in [-0.05, 0) is 12.0 Å². The molecule has 4 nitrogen and oxygen atoms in total. The first-order chi connectivity index (χ1) is 9.29. The molecule has 4 heteroatoms. The highest BCUT2D eigenvalue weighted by atomic mass is 16.5. The van der Waals surface area contributed by atoms with Crippen LogP contribution >= 0.6 is 0 Å². The van der Waals surface area contributed by atoms with E-state index in [9.17, 15) is 4.79 Å². The van der Waals surface area contributed by atoms with Gasteiger partial charge in [-0.1, -0.05) is 27.7 Å². The van der Waals surface area contributed by atoms with Gasteiger partial charge in [0.2, 0.25) is 0 Å². The lowest BCUT2D eigenvalue weighted by Gasteiger charge is -2.23. The maximum Gasteiger partial charge on any atom is 0.303 e. The van der Waals surface area contributed by atoms with Crippen molar-refractivity contribution in [3.05, 3.63) is 29.4 Å². The normalized spacial score (nSPS) is 16.4. The van der Waals surface area contributed by atoms with E-state index in [2.05, 4.69) is 43.6 Å². The first-order valence-corrected chi connectivity index (χ1v) is 6.96. The molecule has 2 rings (SSSR count). The second-order valence-electron chi connectivity index (χ2n) is 6.42. The molecule has 0 atom stereocenters. The van der Waals surface area contributed by atoms with Crippen molar-refractivity contribution in [2.24, 2.45) is 0 Å². The molecule has 0 unspecified atom stereocenters. The zero-order valence-electron chi connectivity index (χ0n) is 13.0. The lowest BCUT2D eigenvalue weighted by atomic mass is 9.88. The van der Waals surface area contributed by atoms with E-state index < -0.39 is 0 Å². The third-order valence-electron chi connectivity index (χ3n) is 3.53. The number of hydrogen-bond donors (Lipinski definition) is 0. The van der Waals surface area contributed by atoms with Crippen LogP contribution in [0.15, 0.2) is 12.3 Å². The number of hydrogen-bond acceptors (Lipinski definition) is 4. The Bertz CT molecular complexity index is 509. The molecule has 0 aliphatic carbocycles. The summed E-state index contributed by atoms with van der Waals surface area (Å²) in [4.78, 5) is 17.7. The molecule has 0 amide bonds. The van der Waals surface area contributed by atoms with Crippen LogP contribution in [-0.4, -0.2) is 24.0 Å². The van der Waals surface area contributed by atoms with Crippen LogP contribution in [0, 0.1) is 5.92 Å². The summed E-state index contributed by atoms with van der Waals surface area (Å²) in [5.74, 6) is 1.11. The number of carbonyl (C=O) groups is 1. The molecule has 0 N–H and O–H groups in total. The molecule has 1 radical (unpaired) electrons. The lowest BCUT2D eigenvalue weighted by molar-refractivity contribution is -0.142. The van der Waals surface area contributed by atoms with Crippen LogP contribution in [0.3, 0.4) is 0 Å². The molecule has 109 valence electrons. The number of carbonyl (C=O) groups excluding carboxylic acids is 1. The molecule has 1 aliphatic heterocycles. The van der Waals surface area contributed by atoms with Crippen LogP contribution < -0.4 is 4.90 Å². The van der Waals surface area contributed by atoms with Crippen molar-refractivity contribution in [1.82, 2.24) is 4.98 Å². The molecule has 20 heavy (non-hydrogen) atoms. The summed E-state index contributed by atoms with van der Waals surface area (Å²) >= 11 is 0.